The van der Waals surface area contributed by atoms with E-state index in [9.17, 15) is 4.79 Å². The summed E-state index contributed by atoms with van der Waals surface area (Å²) in [4.78, 5) is 11.7. The van der Waals surface area contributed by atoms with Crippen LogP contribution in [0.25, 0.3) is 0 Å². The summed E-state index contributed by atoms with van der Waals surface area (Å²) in [5.74, 6) is 0. The number of carbonyl (C=O) groups excluding carboxylic acids is 1. The van der Waals surface area contributed by atoms with Gasteiger partial charge in [-0.15, -0.1) is 6.58 Å². The van der Waals surface area contributed by atoms with E-state index in [0.29, 0.717) is 6.04 Å². The van der Waals surface area contributed by atoms with Crippen LogP contribution in [0.4, 0.5) is 4.79 Å². The third kappa shape index (κ3) is 10.1. The van der Waals surface area contributed by atoms with Crippen LogP contribution >= 0.6 is 0 Å². The highest BCUT2D eigenvalue weighted by molar-refractivity contribution is 5.68. The Hall–Kier alpha value is -1.03. The summed E-state index contributed by atoms with van der Waals surface area (Å²) in [6.07, 6.45) is 3.07. The van der Waals surface area contributed by atoms with E-state index in [1.54, 1.807) is 0 Å². The van der Waals surface area contributed by atoms with E-state index in [-0.39, 0.29) is 12.1 Å². The average Bonchev–Trinajstić information content (AvgIpc) is 2.13. The molecule has 2 N–H and O–H groups in total. The first-order valence-electron chi connectivity index (χ1n) is 6.58. The molecule has 4 nitrogen and oxygen atoms in total. The van der Waals surface area contributed by atoms with Crippen molar-refractivity contribution in [1.29, 1.82) is 0 Å². The lowest BCUT2D eigenvalue weighted by atomic mass is 10.1. The lowest BCUT2D eigenvalue weighted by molar-refractivity contribution is 0.0502. The number of hydrogen-bond acceptors (Lipinski definition) is 3. The van der Waals surface area contributed by atoms with Crippen molar-refractivity contribution < 1.29 is 9.53 Å². The molecule has 0 radical (unpaired) electrons. The Bertz CT molecular complexity index is 257. The predicted octanol–water partition coefficient (Wildman–Crippen LogP) is 2.84. The quantitative estimate of drug-likeness (QED) is 0.689. The molecular formula is C14H28N2O2. The second-order valence-electron chi connectivity index (χ2n) is 5.77. The van der Waals surface area contributed by atoms with Gasteiger partial charge in [0.1, 0.15) is 5.60 Å². The SMILES string of the molecule is C=CC[C@H](CCNC(C)C)NC(=O)OC(C)(C)C. The maximum atomic E-state index is 11.7. The molecular weight excluding hydrogens is 228 g/mol. The summed E-state index contributed by atoms with van der Waals surface area (Å²) in [7, 11) is 0. The monoisotopic (exact) mass is 256 g/mol. The van der Waals surface area contributed by atoms with Crippen LogP contribution in [0.5, 0.6) is 0 Å². The number of nitrogens with one attached hydrogen (secondary N) is 2. The molecule has 0 saturated heterocycles. The van der Waals surface area contributed by atoms with Crippen molar-refractivity contribution in [3.63, 3.8) is 0 Å². The van der Waals surface area contributed by atoms with Gasteiger partial charge in [-0.1, -0.05) is 19.9 Å². The van der Waals surface area contributed by atoms with E-state index in [0.717, 1.165) is 19.4 Å². The Morgan fingerprint density at radius 3 is 2.44 bits per heavy atom. The summed E-state index contributed by atoms with van der Waals surface area (Å²) < 4.78 is 5.24. The van der Waals surface area contributed by atoms with Crippen LogP contribution in [0.3, 0.4) is 0 Å². The van der Waals surface area contributed by atoms with Crippen molar-refractivity contribution in [3.05, 3.63) is 12.7 Å². The van der Waals surface area contributed by atoms with E-state index in [1.807, 2.05) is 26.8 Å². The fraction of sp³-hybridized carbons (Fsp3) is 0.786. The maximum absolute atomic E-state index is 11.7. The summed E-state index contributed by atoms with van der Waals surface area (Å²) in [5.41, 5.74) is -0.459. The molecule has 0 bridgehead atoms. The van der Waals surface area contributed by atoms with Crippen LogP contribution in [-0.4, -0.2) is 30.3 Å². The molecule has 0 aliphatic rings. The summed E-state index contributed by atoms with van der Waals surface area (Å²) in [6.45, 7) is 14.4. The molecule has 0 fully saturated rings. The van der Waals surface area contributed by atoms with E-state index >= 15 is 0 Å². The van der Waals surface area contributed by atoms with Gasteiger partial charge in [0, 0.05) is 12.1 Å². The molecule has 1 atom stereocenters. The highest BCUT2D eigenvalue weighted by atomic mass is 16.6. The van der Waals surface area contributed by atoms with Crippen LogP contribution < -0.4 is 10.6 Å². The summed E-state index contributed by atoms with van der Waals surface area (Å²) >= 11 is 0. The zero-order chi connectivity index (χ0) is 14.2. The average molecular weight is 256 g/mol. The number of amides is 1. The minimum absolute atomic E-state index is 0.0728. The van der Waals surface area contributed by atoms with Crippen molar-refractivity contribution in [2.45, 2.75) is 65.1 Å². The fourth-order valence-electron chi connectivity index (χ4n) is 1.47. The number of ether oxygens (including phenoxy) is 1. The largest absolute Gasteiger partial charge is 0.444 e. The second-order valence-corrected chi connectivity index (χ2v) is 5.77. The number of carbonyl (C=O) groups is 1. The van der Waals surface area contributed by atoms with Crippen LogP contribution in [0.2, 0.25) is 0 Å². The highest BCUT2D eigenvalue weighted by Gasteiger charge is 2.18. The van der Waals surface area contributed by atoms with Crippen LogP contribution in [0.1, 0.15) is 47.5 Å². The fourth-order valence-corrected chi connectivity index (χ4v) is 1.47. The molecule has 0 saturated carbocycles. The van der Waals surface area contributed by atoms with Crippen LogP contribution in [-0.2, 0) is 4.74 Å². The lowest BCUT2D eigenvalue weighted by Crippen LogP contribution is -2.40. The highest BCUT2D eigenvalue weighted by Crippen LogP contribution is 2.08. The molecule has 0 rings (SSSR count). The molecule has 0 heterocycles. The van der Waals surface area contributed by atoms with Gasteiger partial charge in [-0.3, -0.25) is 0 Å². The van der Waals surface area contributed by atoms with Gasteiger partial charge in [-0.05, 0) is 40.2 Å². The van der Waals surface area contributed by atoms with Crippen LogP contribution in [0, 0.1) is 0 Å². The zero-order valence-corrected chi connectivity index (χ0v) is 12.4. The van der Waals surface area contributed by atoms with E-state index in [4.69, 9.17) is 4.74 Å². The predicted molar refractivity (Wildman–Crippen MR) is 75.7 cm³/mol. The Morgan fingerprint density at radius 1 is 1.39 bits per heavy atom. The number of rotatable bonds is 7. The lowest BCUT2D eigenvalue weighted by Gasteiger charge is -2.23. The second kappa shape index (κ2) is 8.14. The first-order chi connectivity index (χ1) is 8.24. The Labute approximate surface area is 111 Å². The topological polar surface area (TPSA) is 50.4 Å². The molecule has 0 aliphatic carbocycles. The van der Waals surface area contributed by atoms with Gasteiger partial charge in [0.05, 0.1) is 0 Å². The molecule has 0 unspecified atom stereocenters. The van der Waals surface area contributed by atoms with Crippen molar-refractivity contribution in [3.8, 4) is 0 Å². The Balaban J connectivity index is 4.09. The first kappa shape index (κ1) is 17.0. The molecule has 0 aliphatic heterocycles. The van der Waals surface area contributed by atoms with E-state index < -0.39 is 5.60 Å². The van der Waals surface area contributed by atoms with Gasteiger partial charge in [-0.25, -0.2) is 4.79 Å². The molecule has 18 heavy (non-hydrogen) atoms. The van der Waals surface area contributed by atoms with Gasteiger partial charge in [0.25, 0.3) is 0 Å². The number of alkyl carbamates (subject to hydrolysis) is 1. The minimum Gasteiger partial charge on any atom is -0.444 e. The summed E-state index contributed by atoms with van der Waals surface area (Å²) in [6, 6.07) is 0.527. The van der Waals surface area contributed by atoms with E-state index in [2.05, 4.69) is 31.1 Å². The zero-order valence-electron chi connectivity index (χ0n) is 12.4. The van der Waals surface area contributed by atoms with Gasteiger partial charge < -0.3 is 15.4 Å². The Morgan fingerprint density at radius 2 is 2.00 bits per heavy atom. The van der Waals surface area contributed by atoms with Crippen molar-refractivity contribution in [2.24, 2.45) is 0 Å². The Kier molecular flexibility index (Phi) is 7.67. The van der Waals surface area contributed by atoms with Crippen molar-refractivity contribution >= 4 is 6.09 Å². The van der Waals surface area contributed by atoms with Gasteiger partial charge in [0.15, 0.2) is 0 Å². The number of hydrogen-bond donors (Lipinski definition) is 2. The van der Waals surface area contributed by atoms with Gasteiger partial charge in [-0.2, -0.15) is 0 Å². The molecule has 0 spiro atoms. The molecule has 0 aromatic heterocycles. The van der Waals surface area contributed by atoms with Crippen molar-refractivity contribution in [1.82, 2.24) is 10.6 Å². The molecule has 4 heteroatoms. The molecule has 106 valence electrons. The third-order valence-electron chi connectivity index (χ3n) is 2.22. The van der Waals surface area contributed by atoms with Crippen LogP contribution in [0.15, 0.2) is 12.7 Å². The molecule has 0 aromatic rings. The first-order valence-corrected chi connectivity index (χ1v) is 6.58. The van der Waals surface area contributed by atoms with Gasteiger partial charge in [0.2, 0.25) is 0 Å². The maximum Gasteiger partial charge on any atom is 0.407 e. The normalized spacial score (nSPS) is 13.2. The summed E-state index contributed by atoms with van der Waals surface area (Å²) in [5, 5.41) is 6.21. The molecule has 0 aromatic carbocycles. The van der Waals surface area contributed by atoms with Gasteiger partial charge >= 0.3 is 6.09 Å². The van der Waals surface area contributed by atoms with Crippen molar-refractivity contribution in [2.75, 3.05) is 6.54 Å². The third-order valence-corrected chi connectivity index (χ3v) is 2.22. The van der Waals surface area contributed by atoms with E-state index in [1.165, 1.54) is 0 Å². The smallest absolute Gasteiger partial charge is 0.407 e. The molecule has 1 amide bonds. The minimum atomic E-state index is -0.459. The standard InChI is InChI=1S/C14H28N2O2/c1-7-8-12(9-10-15-11(2)3)16-13(17)18-14(4,5)6/h7,11-12,15H,1,8-10H2,2-6H3,(H,16,17)/t12-/m1/s1.